The molecule has 18 nitrogen and oxygen atoms in total. The number of nitrogens with one attached hydrogen (secondary N) is 2. The summed E-state index contributed by atoms with van der Waals surface area (Å²) in [5, 5.41) is 22.3. The second kappa shape index (κ2) is 20.9. The molecule has 0 atom stereocenters. The molecule has 0 fully saturated rings. The predicted molar refractivity (Wildman–Crippen MR) is 235 cm³/mol. The first-order valence-corrected chi connectivity index (χ1v) is 20.2. The molecule has 0 aliphatic rings. The lowest BCUT2D eigenvalue weighted by Crippen LogP contribution is -2.23. The molecule has 0 saturated heterocycles. The van der Waals surface area contributed by atoms with Gasteiger partial charge in [-0.1, -0.05) is 0 Å². The third kappa shape index (κ3) is 11.9. The van der Waals surface area contributed by atoms with E-state index in [0.717, 1.165) is 12.1 Å². The maximum atomic E-state index is 13.6. The van der Waals surface area contributed by atoms with E-state index in [9.17, 15) is 45.5 Å². The van der Waals surface area contributed by atoms with Crippen LogP contribution in [0.4, 0.5) is 37.7 Å². The van der Waals surface area contributed by atoms with Crippen molar-refractivity contribution < 1.29 is 45.8 Å². The molecule has 8 rings (SSSR count). The van der Waals surface area contributed by atoms with Crippen LogP contribution in [0.15, 0.2) is 144 Å². The minimum Gasteiger partial charge on any atom is -0.395 e. The number of hydrogen-bond donors (Lipinski definition) is 3. The highest BCUT2D eigenvalue weighted by molar-refractivity contribution is 6.04. The van der Waals surface area contributed by atoms with Crippen molar-refractivity contribution in [2.45, 2.75) is 25.4 Å². The maximum absolute atomic E-state index is 13.6. The molecule has 0 aromatic carbocycles. The van der Waals surface area contributed by atoms with E-state index in [0.29, 0.717) is 27.1 Å². The first-order chi connectivity index (χ1) is 33.0. The van der Waals surface area contributed by atoms with Crippen molar-refractivity contribution >= 4 is 23.2 Å². The summed E-state index contributed by atoms with van der Waals surface area (Å²) in [6.07, 6.45) is 1.59. The van der Waals surface area contributed by atoms with Crippen molar-refractivity contribution in [3.8, 4) is 34.2 Å². The molecule has 8 aromatic rings. The number of alkyl halides is 6. The topological polar surface area (TPSA) is 219 Å². The largest absolute Gasteiger partial charge is 0.433 e. The van der Waals surface area contributed by atoms with Crippen LogP contribution < -0.4 is 21.8 Å². The van der Waals surface area contributed by atoms with E-state index in [1.807, 2.05) is 0 Å². The Morgan fingerprint density at radius 2 is 1.07 bits per heavy atom. The highest BCUT2D eigenvalue weighted by atomic mass is 19.4. The Morgan fingerprint density at radius 1 is 0.623 bits per heavy atom. The Labute approximate surface area is 385 Å². The van der Waals surface area contributed by atoms with E-state index in [4.69, 9.17) is 9.84 Å². The van der Waals surface area contributed by atoms with Gasteiger partial charge in [-0.25, -0.2) is 19.3 Å². The third-order valence-electron chi connectivity index (χ3n) is 9.73. The lowest BCUT2D eigenvalue weighted by Gasteiger charge is -2.11. The minimum atomic E-state index is -4.68. The van der Waals surface area contributed by atoms with Gasteiger partial charge in [0.05, 0.1) is 59.5 Å². The quantitative estimate of drug-likeness (QED) is 0.111. The van der Waals surface area contributed by atoms with Crippen LogP contribution in [-0.4, -0.2) is 85.9 Å². The van der Waals surface area contributed by atoms with Gasteiger partial charge in [0.25, 0.3) is 22.9 Å². The number of ether oxygens (including phenoxy) is 1. The van der Waals surface area contributed by atoms with E-state index in [2.05, 4.69) is 40.8 Å². The minimum absolute atomic E-state index is 0.0304. The summed E-state index contributed by atoms with van der Waals surface area (Å²) in [7, 11) is 1.50. The molecule has 2 amide bonds. The van der Waals surface area contributed by atoms with Gasteiger partial charge in [0.1, 0.15) is 0 Å². The molecule has 0 aliphatic heterocycles. The van der Waals surface area contributed by atoms with Crippen molar-refractivity contribution in [1.29, 1.82) is 0 Å². The fraction of sp³-hybridized carbons (Fsp3) is 0.156. The van der Waals surface area contributed by atoms with Gasteiger partial charge in [-0.2, -0.15) is 36.5 Å². The summed E-state index contributed by atoms with van der Waals surface area (Å²) < 4.78 is 90.6. The first kappa shape index (κ1) is 48.3. The van der Waals surface area contributed by atoms with Gasteiger partial charge in [-0.05, 0) is 72.8 Å². The number of aliphatic hydroxyl groups is 1. The SMILES string of the molecule is COCCn1cc(C(=O)Nc2ccc(-n3nc(-c4cccnc4)cc3C(F)(F)F)nc2)ccc1=O.O=C(Nc1ccc(-n2nc(-c3cccnc3)cc2C(F)(F)F)nc1)c1ccc(=O)n(CCO)c1. The van der Waals surface area contributed by atoms with E-state index >= 15 is 0 Å². The molecule has 0 unspecified atom stereocenters. The van der Waals surface area contributed by atoms with Crippen LogP contribution in [-0.2, 0) is 30.2 Å². The van der Waals surface area contributed by atoms with Crippen molar-refractivity contribution in [1.82, 2.24) is 48.6 Å². The van der Waals surface area contributed by atoms with Gasteiger partial charge in [-0.15, -0.1) is 0 Å². The molecule has 0 spiro atoms. The van der Waals surface area contributed by atoms with Gasteiger partial charge in [0, 0.05) is 80.6 Å². The molecule has 0 radical (unpaired) electrons. The molecular weight excluding hydrogens is 919 g/mol. The number of halogens is 6. The summed E-state index contributed by atoms with van der Waals surface area (Å²) in [4.78, 5) is 64.6. The van der Waals surface area contributed by atoms with Gasteiger partial charge in [-0.3, -0.25) is 29.1 Å². The number of carbonyl (C=O) groups is 2. The number of aromatic nitrogens is 10. The number of aliphatic hydroxyl groups excluding tert-OH is 1. The summed E-state index contributed by atoms with van der Waals surface area (Å²) >= 11 is 0. The normalized spacial score (nSPS) is 11.4. The Bertz CT molecular complexity index is 3180. The number of hydrogen-bond acceptors (Lipinski definition) is 12. The number of pyridine rings is 6. The van der Waals surface area contributed by atoms with Crippen molar-refractivity contribution in [3.05, 3.63) is 178 Å². The Kier molecular flexibility index (Phi) is 14.6. The second-order valence-corrected chi connectivity index (χ2v) is 14.5. The molecular formula is C45H36F6N12O6. The molecule has 0 bridgehead atoms. The van der Waals surface area contributed by atoms with E-state index in [1.165, 1.54) is 114 Å². The maximum Gasteiger partial charge on any atom is 0.433 e. The molecule has 0 saturated carbocycles. The number of anilines is 2. The number of carbonyl (C=O) groups excluding carboxylic acids is 2. The fourth-order valence-corrected chi connectivity index (χ4v) is 6.38. The van der Waals surface area contributed by atoms with Crippen LogP contribution in [0.25, 0.3) is 34.2 Å². The van der Waals surface area contributed by atoms with Crippen molar-refractivity contribution in [3.63, 3.8) is 0 Å². The zero-order chi connectivity index (χ0) is 49.3. The smallest absolute Gasteiger partial charge is 0.395 e. The Balaban J connectivity index is 0.000000204. The monoisotopic (exact) mass is 954 g/mol. The first-order valence-electron chi connectivity index (χ1n) is 20.2. The van der Waals surface area contributed by atoms with E-state index in [-0.39, 0.29) is 76.3 Å². The fourth-order valence-electron chi connectivity index (χ4n) is 6.38. The van der Waals surface area contributed by atoms with Crippen molar-refractivity contribution in [2.75, 3.05) is 31.0 Å². The van der Waals surface area contributed by atoms with Crippen LogP contribution in [0.2, 0.25) is 0 Å². The summed E-state index contributed by atoms with van der Waals surface area (Å²) in [6.45, 7) is 0.334. The molecule has 24 heteroatoms. The zero-order valence-electron chi connectivity index (χ0n) is 35.8. The van der Waals surface area contributed by atoms with E-state index in [1.54, 1.807) is 24.3 Å². The Hall–Kier alpha value is -8.64. The molecule has 3 N–H and O–H groups in total. The van der Waals surface area contributed by atoms with Crippen LogP contribution in [0, 0.1) is 0 Å². The molecule has 0 aliphatic carbocycles. The molecule has 69 heavy (non-hydrogen) atoms. The molecule has 8 heterocycles. The second-order valence-electron chi connectivity index (χ2n) is 14.5. The summed E-state index contributed by atoms with van der Waals surface area (Å²) in [5.74, 6) is -1.26. The summed E-state index contributed by atoms with van der Waals surface area (Å²) in [6, 6.07) is 18.8. The lowest BCUT2D eigenvalue weighted by atomic mass is 10.2. The number of methoxy groups -OCH3 is 1. The highest BCUT2D eigenvalue weighted by Gasteiger charge is 2.38. The van der Waals surface area contributed by atoms with Crippen LogP contribution >= 0.6 is 0 Å². The highest BCUT2D eigenvalue weighted by Crippen LogP contribution is 2.35. The van der Waals surface area contributed by atoms with Gasteiger partial charge >= 0.3 is 12.4 Å². The molecule has 354 valence electrons. The number of rotatable bonds is 13. The average molecular weight is 955 g/mol. The van der Waals surface area contributed by atoms with Gasteiger partial charge in [0.15, 0.2) is 23.0 Å². The zero-order valence-corrected chi connectivity index (χ0v) is 35.8. The predicted octanol–water partition coefficient (Wildman–Crippen LogP) is 6.16. The number of nitrogens with zero attached hydrogens (tertiary/aromatic N) is 10. The summed E-state index contributed by atoms with van der Waals surface area (Å²) in [5.41, 5.74) is -0.806. The van der Waals surface area contributed by atoms with Gasteiger partial charge < -0.3 is 29.6 Å². The lowest BCUT2D eigenvalue weighted by molar-refractivity contribution is -0.143. The van der Waals surface area contributed by atoms with Crippen LogP contribution in [0.1, 0.15) is 32.1 Å². The van der Waals surface area contributed by atoms with Gasteiger partial charge in [0.2, 0.25) is 0 Å². The molecule has 8 aromatic heterocycles. The Morgan fingerprint density at radius 3 is 1.43 bits per heavy atom. The average Bonchev–Trinajstić information content (AvgIpc) is 4.01. The van der Waals surface area contributed by atoms with Crippen LogP contribution in [0.3, 0.4) is 0 Å². The standard InChI is InChI=1S/C23H19F3N6O3.C22H17F3N6O3/c1-35-10-9-31-14-16(4-7-21(31)33)22(34)29-17-5-6-20(28-13-17)32-19(23(24,25)26)11-18(30-32)15-3-2-8-27-12-15;23-22(24,25)18-10-17(14-2-1-7-26-11-14)29-31(18)19-5-4-16(12-27-19)28-21(34)15-3-6-20(33)30(13-15)8-9-32/h2-8,11-14H,9-10H2,1H3,(H,29,34);1-7,10-13,32H,8-9H2,(H,28,34). The van der Waals surface area contributed by atoms with Crippen molar-refractivity contribution in [2.24, 2.45) is 0 Å². The third-order valence-corrected chi connectivity index (χ3v) is 9.73. The van der Waals surface area contributed by atoms with E-state index < -0.39 is 35.6 Å². The number of amides is 2. The van der Waals surface area contributed by atoms with Crippen LogP contribution in [0.5, 0.6) is 0 Å².